The maximum atomic E-state index is 14.6. The van der Waals surface area contributed by atoms with Crippen LogP contribution in [0.1, 0.15) is 28.2 Å². The molecule has 1 heterocycles. The van der Waals surface area contributed by atoms with Crippen LogP contribution in [0.5, 0.6) is 0 Å². The molecular formula is C25H15FNO4-. The lowest BCUT2D eigenvalue weighted by Crippen LogP contribution is -2.61. The summed E-state index contributed by atoms with van der Waals surface area (Å²) in [6.07, 6.45) is 0. The van der Waals surface area contributed by atoms with Crippen LogP contribution in [-0.4, -0.2) is 17.8 Å². The van der Waals surface area contributed by atoms with Crippen LogP contribution in [0.3, 0.4) is 0 Å². The fraction of sp³-hybridized carbons (Fsp3) is 0.160. The summed E-state index contributed by atoms with van der Waals surface area (Å²) in [5.74, 6) is -6.09. The van der Waals surface area contributed by atoms with E-state index in [4.69, 9.17) is 0 Å². The first-order chi connectivity index (χ1) is 15.0. The number of amides is 2. The molecule has 152 valence electrons. The van der Waals surface area contributed by atoms with Gasteiger partial charge in [0, 0.05) is 5.92 Å². The first kappa shape index (κ1) is 18.0. The largest absolute Gasteiger partial charge is 0.549 e. The average Bonchev–Trinajstić information content (AvgIpc) is 3.05. The van der Waals surface area contributed by atoms with Crippen molar-refractivity contribution < 1.29 is 23.9 Å². The topological polar surface area (TPSA) is 77.5 Å². The summed E-state index contributed by atoms with van der Waals surface area (Å²) >= 11 is 0. The van der Waals surface area contributed by atoms with Crippen molar-refractivity contribution >= 4 is 23.5 Å². The molecule has 3 aromatic rings. The molecule has 2 amide bonds. The molecule has 2 bridgehead atoms. The van der Waals surface area contributed by atoms with E-state index in [2.05, 4.69) is 0 Å². The Labute approximate surface area is 176 Å². The first-order valence-electron chi connectivity index (χ1n) is 10.0. The standard InChI is InChI=1S/C25H16FNO4/c26-17-11-5-6-12-18(17)27-22(28)20-19-13-7-1-3-9-15(13)25(24(30)31,21(20)23(27)29)16-10-4-2-8-14(16)19/h1-12,19-21H,(H,30,31)/p-1/t19?,20-,21-,25?/m0/s1. The number of halogens is 1. The number of carbonyl (C=O) groups is 3. The number of aliphatic carboxylic acids is 1. The molecule has 0 unspecified atom stereocenters. The summed E-state index contributed by atoms with van der Waals surface area (Å²) in [5.41, 5.74) is 0.353. The van der Waals surface area contributed by atoms with Gasteiger partial charge in [-0.25, -0.2) is 9.29 Å². The van der Waals surface area contributed by atoms with Crippen LogP contribution in [0.4, 0.5) is 10.1 Å². The van der Waals surface area contributed by atoms with Gasteiger partial charge in [0.25, 0.3) is 0 Å². The zero-order valence-corrected chi connectivity index (χ0v) is 16.1. The van der Waals surface area contributed by atoms with Gasteiger partial charge >= 0.3 is 0 Å². The van der Waals surface area contributed by atoms with Crippen molar-refractivity contribution in [3.63, 3.8) is 0 Å². The molecule has 1 fully saturated rings. The Bertz CT molecular complexity index is 1270. The number of imide groups is 1. The van der Waals surface area contributed by atoms with Crippen molar-refractivity contribution in [1.82, 2.24) is 0 Å². The molecule has 1 aliphatic heterocycles. The summed E-state index contributed by atoms with van der Waals surface area (Å²) in [5, 5.41) is 12.9. The molecule has 1 saturated heterocycles. The highest BCUT2D eigenvalue weighted by Gasteiger charge is 2.69. The molecule has 31 heavy (non-hydrogen) atoms. The maximum Gasteiger partial charge on any atom is 0.239 e. The van der Waals surface area contributed by atoms with Crippen LogP contribution < -0.4 is 10.0 Å². The quantitative estimate of drug-likeness (QED) is 0.604. The maximum absolute atomic E-state index is 14.6. The van der Waals surface area contributed by atoms with Crippen LogP contribution in [-0.2, 0) is 19.8 Å². The van der Waals surface area contributed by atoms with Crippen LogP contribution >= 0.6 is 0 Å². The molecule has 5 nitrogen and oxygen atoms in total. The molecule has 6 heteroatoms. The van der Waals surface area contributed by atoms with E-state index in [0.29, 0.717) is 22.3 Å². The van der Waals surface area contributed by atoms with Crippen molar-refractivity contribution in [1.29, 1.82) is 0 Å². The summed E-state index contributed by atoms with van der Waals surface area (Å²) in [7, 11) is 0. The molecule has 2 atom stereocenters. The third-order valence-corrected chi connectivity index (χ3v) is 7.03. The SMILES string of the molecule is O=C1[C@@H]2[C@@H](C(=O)N1c1ccccc1F)C1c3ccccc3C2(C(=O)[O-])c2ccccc21. The minimum atomic E-state index is -1.82. The number of hydrogen-bond donors (Lipinski definition) is 0. The second-order valence-corrected chi connectivity index (χ2v) is 8.21. The lowest BCUT2D eigenvalue weighted by Gasteiger charge is -2.54. The molecule has 3 aliphatic carbocycles. The fourth-order valence-electron chi connectivity index (χ4n) is 5.99. The normalized spacial score (nSPS) is 27.6. The number of hydrogen-bond acceptors (Lipinski definition) is 4. The van der Waals surface area contributed by atoms with E-state index in [1.54, 1.807) is 48.5 Å². The zero-order chi connectivity index (χ0) is 21.5. The van der Waals surface area contributed by atoms with Gasteiger partial charge in [0.15, 0.2) is 0 Å². The number of carboxylic acid groups (broad SMARTS) is 1. The highest BCUT2D eigenvalue weighted by Crippen LogP contribution is 2.64. The number of carboxylic acids is 1. The van der Waals surface area contributed by atoms with Crippen LogP contribution in [0, 0.1) is 17.7 Å². The molecule has 0 N–H and O–H groups in total. The van der Waals surface area contributed by atoms with Gasteiger partial charge in [-0.05, 0) is 34.4 Å². The van der Waals surface area contributed by atoms with E-state index >= 15 is 0 Å². The second kappa shape index (κ2) is 5.88. The molecule has 0 saturated carbocycles. The Morgan fingerprint density at radius 3 is 1.97 bits per heavy atom. The van der Waals surface area contributed by atoms with E-state index in [0.717, 1.165) is 4.90 Å². The number of rotatable bonds is 2. The Kier molecular flexibility index (Phi) is 3.41. The molecule has 0 radical (unpaired) electrons. The lowest BCUT2D eigenvalue weighted by molar-refractivity contribution is -0.314. The Hall–Kier alpha value is -3.80. The molecule has 0 spiro atoms. The minimum absolute atomic E-state index is 0.159. The van der Waals surface area contributed by atoms with Gasteiger partial charge < -0.3 is 9.90 Å². The van der Waals surface area contributed by atoms with Crippen molar-refractivity contribution in [3.05, 3.63) is 101 Å². The van der Waals surface area contributed by atoms with Gasteiger partial charge in [-0.2, -0.15) is 0 Å². The second-order valence-electron chi connectivity index (χ2n) is 8.21. The van der Waals surface area contributed by atoms with Crippen molar-refractivity contribution in [3.8, 4) is 0 Å². The Morgan fingerprint density at radius 2 is 1.39 bits per heavy atom. The Balaban J connectivity index is 1.69. The highest BCUT2D eigenvalue weighted by molar-refractivity contribution is 6.25. The number of nitrogens with zero attached hydrogens (tertiary/aromatic N) is 1. The summed E-state index contributed by atoms with van der Waals surface area (Å²) < 4.78 is 14.6. The Morgan fingerprint density at radius 1 is 0.839 bits per heavy atom. The molecule has 4 aliphatic rings. The minimum Gasteiger partial charge on any atom is -0.549 e. The molecule has 0 aromatic heterocycles. The van der Waals surface area contributed by atoms with Crippen molar-refractivity contribution in [2.75, 3.05) is 4.90 Å². The van der Waals surface area contributed by atoms with Gasteiger partial charge in [0.1, 0.15) is 5.82 Å². The van der Waals surface area contributed by atoms with Gasteiger partial charge in [-0.1, -0.05) is 60.7 Å². The van der Waals surface area contributed by atoms with E-state index in [1.807, 2.05) is 0 Å². The van der Waals surface area contributed by atoms with Crippen LogP contribution in [0.2, 0.25) is 0 Å². The van der Waals surface area contributed by atoms with E-state index in [9.17, 15) is 23.9 Å². The van der Waals surface area contributed by atoms with E-state index in [1.165, 1.54) is 24.3 Å². The van der Waals surface area contributed by atoms with E-state index in [-0.39, 0.29) is 5.69 Å². The summed E-state index contributed by atoms with van der Waals surface area (Å²) in [4.78, 5) is 41.0. The number of benzene rings is 3. The number of carbonyl (C=O) groups excluding carboxylic acids is 3. The van der Waals surface area contributed by atoms with Crippen LogP contribution in [0.25, 0.3) is 0 Å². The summed E-state index contributed by atoms with van der Waals surface area (Å²) in [6, 6.07) is 19.5. The van der Waals surface area contributed by atoms with Crippen molar-refractivity contribution in [2.24, 2.45) is 11.8 Å². The monoisotopic (exact) mass is 412 g/mol. The number of para-hydroxylation sites is 1. The van der Waals surface area contributed by atoms with Gasteiger partial charge in [0.05, 0.1) is 28.9 Å². The van der Waals surface area contributed by atoms with Gasteiger partial charge in [0.2, 0.25) is 11.8 Å². The fourth-order valence-corrected chi connectivity index (χ4v) is 5.99. The highest BCUT2D eigenvalue weighted by atomic mass is 19.1. The zero-order valence-electron chi connectivity index (χ0n) is 16.1. The lowest BCUT2D eigenvalue weighted by atomic mass is 9.47. The predicted molar refractivity (Wildman–Crippen MR) is 106 cm³/mol. The van der Waals surface area contributed by atoms with Crippen LogP contribution in [0.15, 0.2) is 72.8 Å². The average molecular weight is 412 g/mol. The third-order valence-electron chi connectivity index (χ3n) is 7.03. The van der Waals surface area contributed by atoms with E-state index < -0.39 is 46.8 Å². The molecule has 7 rings (SSSR count). The number of anilines is 1. The van der Waals surface area contributed by atoms with Gasteiger partial charge in [-0.3, -0.25) is 9.59 Å². The first-order valence-corrected chi connectivity index (χ1v) is 10.0. The smallest absolute Gasteiger partial charge is 0.239 e. The van der Waals surface area contributed by atoms with Crippen molar-refractivity contribution in [2.45, 2.75) is 11.3 Å². The summed E-state index contributed by atoms with van der Waals surface area (Å²) in [6.45, 7) is 0. The molecular weight excluding hydrogens is 397 g/mol. The molecule has 3 aromatic carbocycles. The third kappa shape index (κ3) is 1.93. The van der Waals surface area contributed by atoms with Gasteiger partial charge in [-0.15, -0.1) is 0 Å². The predicted octanol–water partition coefficient (Wildman–Crippen LogP) is 2.13.